The molecule has 0 spiro atoms. The molecule has 1 aliphatic heterocycles. The second kappa shape index (κ2) is 3.55. The zero-order chi connectivity index (χ0) is 8.32. The normalized spacial score (nSPS) is 21.8. The zero-order valence-electron chi connectivity index (χ0n) is 7.81. The van der Waals surface area contributed by atoms with E-state index < -0.39 is 0 Å². The van der Waals surface area contributed by atoms with Gasteiger partial charge in [-0.25, -0.2) is 0 Å². The van der Waals surface area contributed by atoms with Crippen LogP contribution in [0.1, 0.15) is 20.8 Å². The maximum atomic E-state index is 5.46. The summed E-state index contributed by atoms with van der Waals surface area (Å²) in [4.78, 5) is 0. The van der Waals surface area contributed by atoms with Gasteiger partial charge >= 0.3 is 0 Å². The van der Waals surface area contributed by atoms with Gasteiger partial charge in [0.2, 0.25) is 0 Å². The monoisotopic (exact) mass is 157 g/mol. The molecule has 0 amide bonds. The first-order chi connectivity index (χ1) is 5.21. The molecule has 0 aromatic carbocycles. The number of nitrogens with one attached hydrogen (secondary N) is 1. The molecule has 0 aromatic heterocycles. The lowest BCUT2D eigenvalue weighted by molar-refractivity contribution is -0.0157. The van der Waals surface area contributed by atoms with E-state index in [9.17, 15) is 0 Å². The fourth-order valence-electron chi connectivity index (χ4n) is 1.43. The highest BCUT2D eigenvalue weighted by Crippen LogP contribution is 2.31. The molecular formula is C9H19NO. The molecule has 66 valence electrons. The molecule has 0 bridgehead atoms. The number of hydrogen-bond acceptors (Lipinski definition) is 2. The van der Waals surface area contributed by atoms with E-state index in [2.05, 4.69) is 26.1 Å². The SMILES string of the molecule is CCOCC1(C(C)C)CNC1. The zero-order valence-corrected chi connectivity index (χ0v) is 7.81. The largest absolute Gasteiger partial charge is 0.381 e. The third-order valence-electron chi connectivity index (χ3n) is 2.77. The van der Waals surface area contributed by atoms with Crippen molar-refractivity contribution in [2.45, 2.75) is 20.8 Å². The quantitative estimate of drug-likeness (QED) is 0.663. The van der Waals surface area contributed by atoms with Crippen LogP contribution in [-0.4, -0.2) is 26.3 Å². The third-order valence-corrected chi connectivity index (χ3v) is 2.77. The molecule has 1 heterocycles. The highest BCUT2D eigenvalue weighted by molar-refractivity contribution is 4.94. The summed E-state index contributed by atoms with van der Waals surface area (Å²) in [6, 6.07) is 0. The van der Waals surface area contributed by atoms with Crippen molar-refractivity contribution < 1.29 is 4.74 Å². The van der Waals surface area contributed by atoms with Crippen LogP contribution in [-0.2, 0) is 4.74 Å². The fourth-order valence-corrected chi connectivity index (χ4v) is 1.43. The molecule has 1 saturated heterocycles. The Kier molecular flexibility index (Phi) is 2.90. The molecule has 11 heavy (non-hydrogen) atoms. The maximum Gasteiger partial charge on any atom is 0.0549 e. The molecule has 0 radical (unpaired) electrons. The molecule has 0 aromatic rings. The predicted molar refractivity (Wildman–Crippen MR) is 46.6 cm³/mol. The number of rotatable bonds is 4. The number of ether oxygens (including phenoxy) is 1. The highest BCUT2D eigenvalue weighted by atomic mass is 16.5. The fraction of sp³-hybridized carbons (Fsp3) is 1.00. The van der Waals surface area contributed by atoms with E-state index in [4.69, 9.17) is 4.74 Å². The molecular weight excluding hydrogens is 138 g/mol. The third kappa shape index (κ3) is 1.74. The van der Waals surface area contributed by atoms with Gasteiger partial charge in [-0.1, -0.05) is 13.8 Å². The van der Waals surface area contributed by atoms with Crippen molar-refractivity contribution in [2.24, 2.45) is 11.3 Å². The van der Waals surface area contributed by atoms with Crippen LogP contribution in [0.2, 0.25) is 0 Å². The molecule has 0 atom stereocenters. The Labute approximate surface area is 69.3 Å². The van der Waals surface area contributed by atoms with Crippen molar-refractivity contribution in [3.05, 3.63) is 0 Å². The van der Waals surface area contributed by atoms with Crippen LogP contribution in [0.15, 0.2) is 0 Å². The van der Waals surface area contributed by atoms with Crippen LogP contribution in [0, 0.1) is 11.3 Å². The first kappa shape index (κ1) is 9.01. The molecule has 0 saturated carbocycles. The molecule has 1 aliphatic rings. The van der Waals surface area contributed by atoms with Gasteiger partial charge in [0.1, 0.15) is 0 Å². The van der Waals surface area contributed by atoms with Gasteiger partial charge in [0.05, 0.1) is 6.61 Å². The van der Waals surface area contributed by atoms with Crippen LogP contribution < -0.4 is 5.32 Å². The summed E-state index contributed by atoms with van der Waals surface area (Å²) in [6.07, 6.45) is 0. The Bertz CT molecular complexity index is 119. The van der Waals surface area contributed by atoms with Crippen LogP contribution >= 0.6 is 0 Å². The van der Waals surface area contributed by atoms with Crippen molar-refractivity contribution in [1.82, 2.24) is 5.32 Å². The summed E-state index contributed by atoms with van der Waals surface area (Å²) in [5.74, 6) is 0.732. The Morgan fingerprint density at radius 2 is 2.09 bits per heavy atom. The molecule has 1 N–H and O–H groups in total. The van der Waals surface area contributed by atoms with E-state index in [1.54, 1.807) is 0 Å². The van der Waals surface area contributed by atoms with Crippen molar-refractivity contribution >= 4 is 0 Å². The van der Waals surface area contributed by atoms with Gasteiger partial charge in [-0.05, 0) is 12.8 Å². The van der Waals surface area contributed by atoms with Gasteiger partial charge in [-0.3, -0.25) is 0 Å². The lowest BCUT2D eigenvalue weighted by Crippen LogP contribution is -2.59. The Hall–Kier alpha value is -0.0800. The average Bonchev–Trinajstić information content (AvgIpc) is 1.85. The summed E-state index contributed by atoms with van der Waals surface area (Å²) in [5.41, 5.74) is 0.440. The van der Waals surface area contributed by atoms with Crippen molar-refractivity contribution in [1.29, 1.82) is 0 Å². The molecule has 1 rings (SSSR count). The van der Waals surface area contributed by atoms with Crippen LogP contribution in [0.3, 0.4) is 0 Å². The minimum absolute atomic E-state index is 0.440. The van der Waals surface area contributed by atoms with Crippen LogP contribution in [0.4, 0.5) is 0 Å². The molecule has 1 fully saturated rings. The molecule has 0 aliphatic carbocycles. The van der Waals surface area contributed by atoms with Gasteiger partial charge in [-0.15, -0.1) is 0 Å². The summed E-state index contributed by atoms with van der Waals surface area (Å²) in [5, 5.41) is 3.31. The van der Waals surface area contributed by atoms with Gasteiger partial charge in [0, 0.05) is 25.1 Å². The smallest absolute Gasteiger partial charge is 0.0549 e. The van der Waals surface area contributed by atoms with Crippen molar-refractivity contribution in [3.8, 4) is 0 Å². The van der Waals surface area contributed by atoms with E-state index in [1.807, 2.05) is 0 Å². The van der Waals surface area contributed by atoms with E-state index in [1.165, 1.54) is 0 Å². The average molecular weight is 157 g/mol. The summed E-state index contributed by atoms with van der Waals surface area (Å²) in [6.45, 7) is 10.6. The van der Waals surface area contributed by atoms with Gasteiger partial charge in [0.25, 0.3) is 0 Å². The molecule has 2 nitrogen and oxygen atoms in total. The maximum absolute atomic E-state index is 5.46. The minimum atomic E-state index is 0.440. The van der Waals surface area contributed by atoms with E-state index >= 15 is 0 Å². The minimum Gasteiger partial charge on any atom is -0.381 e. The summed E-state index contributed by atoms with van der Waals surface area (Å²) >= 11 is 0. The van der Waals surface area contributed by atoms with Crippen molar-refractivity contribution in [3.63, 3.8) is 0 Å². The standard InChI is InChI=1S/C9H19NO/c1-4-11-7-9(8(2)3)5-10-6-9/h8,10H,4-7H2,1-3H3. The number of hydrogen-bond donors (Lipinski definition) is 1. The van der Waals surface area contributed by atoms with Gasteiger partial charge < -0.3 is 10.1 Å². The first-order valence-electron chi connectivity index (χ1n) is 4.50. The van der Waals surface area contributed by atoms with Gasteiger partial charge in [-0.2, -0.15) is 0 Å². The lowest BCUT2D eigenvalue weighted by atomic mass is 9.73. The van der Waals surface area contributed by atoms with E-state index in [-0.39, 0.29) is 0 Å². The second-order valence-electron chi connectivity index (χ2n) is 3.76. The van der Waals surface area contributed by atoms with E-state index in [0.717, 1.165) is 32.2 Å². The van der Waals surface area contributed by atoms with Gasteiger partial charge in [0.15, 0.2) is 0 Å². The highest BCUT2D eigenvalue weighted by Gasteiger charge is 2.39. The van der Waals surface area contributed by atoms with Crippen LogP contribution in [0.25, 0.3) is 0 Å². The topological polar surface area (TPSA) is 21.3 Å². The molecule has 2 heteroatoms. The Balaban J connectivity index is 2.34. The molecule has 0 unspecified atom stereocenters. The predicted octanol–water partition coefficient (Wildman–Crippen LogP) is 1.27. The Morgan fingerprint density at radius 1 is 1.45 bits per heavy atom. The summed E-state index contributed by atoms with van der Waals surface area (Å²) < 4.78 is 5.46. The summed E-state index contributed by atoms with van der Waals surface area (Å²) in [7, 11) is 0. The first-order valence-corrected chi connectivity index (χ1v) is 4.50. The Morgan fingerprint density at radius 3 is 2.36 bits per heavy atom. The van der Waals surface area contributed by atoms with E-state index in [0.29, 0.717) is 5.41 Å². The lowest BCUT2D eigenvalue weighted by Gasteiger charge is -2.45. The van der Waals surface area contributed by atoms with Crippen molar-refractivity contribution in [2.75, 3.05) is 26.3 Å². The second-order valence-corrected chi connectivity index (χ2v) is 3.76. The van der Waals surface area contributed by atoms with Crippen LogP contribution in [0.5, 0.6) is 0 Å².